The Bertz CT molecular complexity index is 684. The third kappa shape index (κ3) is 7.31. The Kier molecular flexibility index (Phi) is 8.22. The van der Waals surface area contributed by atoms with Crippen molar-refractivity contribution >= 4 is 17.6 Å². The number of benzene rings is 1. The molecule has 0 aliphatic carbocycles. The molecule has 0 saturated heterocycles. The fourth-order valence-corrected chi connectivity index (χ4v) is 2.36. The fourth-order valence-electron chi connectivity index (χ4n) is 2.25. The molecule has 2 N–H and O–H groups in total. The zero-order chi connectivity index (χ0) is 18.8. The number of hydrogen-bond acceptors (Lipinski definition) is 3. The van der Waals surface area contributed by atoms with Gasteiger partial charge in [-0.2, -0.15) is 0 Å². The summed E-state index contributed by atoms with van der Waals surface area (Å²) in [4.78, 5) is 8.33. The molecule has 2 rings (SSSR count). The molecular formula is C20H27ClN4O. The predicted octanol–water partition coefficient (Wildman–Crippen LogP) is 3.68. The van der Waals surface area contributed by atoms with E-state index in [1.165, 1.54) is 5.56 Å². The number of nitrogens with zero attached hydrogens (tertiary/aromatic N) is 2. The first-order valence-corrected chi connectivity index (χ1v) is 9.21. The Morgan fingerprint density at radius 1 is 1.12 bits per heavy atom. The predicted molar refractivity (Wildman–Crippen MR) is 108 cm³/mol. The molecule has 5 nitrogen and oxygen atoms in total. The Morgan fingerprint density at radius 3 is 2.46 bits per heavy atom. The van der Waals surface area contributed by atoms with Crippen LogP contribution in [0.4, 0.5) is 0 Å². The van der Waals surface area contributed by atoms with Crippen LogP contribution >= 0.6 is 11.6 Å². The molecule has 140 valence electrons. The van der Waals surface area contributed by atoms with E-state index >= 15 is 0 Å². The first-order chi connectivity index (χ1) is 12.6. The minimum Gasteiger partial charge on any atom is -0.493 e. The van der Waals surface area contributed by atoms with E-state index in [1.807, 2.05) is 18.2 Å². The van der Waals surface area contributed by atoms with Crippen molar-refractivity contribution in [3.8, 4) is 5.75 Å². The molecular weight excluding hydrogens is 348 g/mol. The second kappa shape index (κ2) is 10.7. The molecule has 1 aromatic heterocycles. The largest absolute Gasteiger partial charge is 0.493 e. The molecule has 26 heavy (non-hydrogen) atoms. The zero-order valence-corrected chi connectivity index (χ0v) is 16.4. The summed E-state index contributed by atoms with van der Waals surface area (Å²) < 4.78 is 5.70. The van der Waals surface area contributed by atoms with Crippen molar-refractivity contribution in [1.82, 2.24) is 15.6 Å². The van der Waals surface area contributed by atoms with E-state index in [-0.39, 0.29) is 0 Å². The van der Waals surface area contributed by atoms with Crippen molar-refractivity contribution in [3.63, 3.8) is 0 Å². The number of pyridine rings is 1. The van der Waals surface area contributed by atoms with Gasteiger partial charge in [0, 0.05) is 26.3 Å². The van der Waals surface area contributed by atoms with Crippen molar-refractivity contribution < 1.29 is 4.74 Å². The van der Waals surface area contributed by atoms with Gasteiger partial charge in [-0.25, -0.2) is 4.98 Å². The van der Waals surface area contributed by atoms with Crippen molar-refractivity contribution in [1.29, 1.82) is 0 Å². The Labute approximate surface area is 160 Å². The Morgan fingerprint density at radius 2 is 1.85 bits per heavy atom. The maximum Gasteiger partial charge on any atom is 0.191 e. The van der Waals surface area contributed by atoms with Crippen LogP contribution in [-0.4, -0.2) is 31.1 Å². The summed E-state index contributed by atoms with van der Waals surface area (Å²) in [5.41, 5.74) is 2.31. The van der Waals surface area contributed by atoms with Gasteiger partial charge in [0.1, 0.15) is 10.9 Å². The molecule has 0 aliphatic heterocycles. The van der Waals surface area contributed by atoms with Crippen LogP contribution in [0.2, 0.25) is 5.15 Å². The van der Waals surface area contributed by atoms with Crippen LogP contribution in [0, 0.1) is 5.92 Å². The second-order valence-corrected chi connectivity index (χ2v) is 6.83. The molecule has 0 atom stereocenters. The Hall–Kier alpha value is -2.27. The van der Waals surface area contributed by atoms with Crippen LogP contribution in [0.5, 0.6) is 5.75 Å². The van der Waals surface area contributed by atoms with Gasteiger partial charge in [0.2, 0.25) is 0 Å². The van der Waals surface area contributed by atoms with Crippen molar-refractivity contribution in [2.24, 2.45) is 10.9 Å². The summed E-state index contributed by atoms with van der Waals surface area (Å²) >= 11 is 5.80. The molecule has 1 aromatic carbocycles. The highest BCUT2D eigenvalue weighted by Gasteiger charge is 2.01. The van der Waals surface area contributed by atoms with E-state index < -0.39 is 0 Å². The molecule has 6 heteroatoms. The van der Waals surface area contributed by atoms with Gasteiger partial charge >= 0.3 is 0 Å². The van der Waals surface area contributed by atoms with E-state index in [0.717, 1.165) is 36.8 Å². The molecule has 0 amide bonds. The number of nitrogens with one attached hydrogen (secondary N) is 2. The molecule has 0 radical (unpaired) electrons. The minimum atomic E-state index is 0.514. The van der Waals surface area contributed by atoms with Crippen molar-refractivity contribution in [2.75, 3.05) is 20.2 Å². The molecule has 0 bridgehead atoms. The average Bonchev–Trinajstić information content (AvgIpc) is 2.65. The first kappa shape index (κ1) is 20.0. The van der Waals surface area contributed by atoms with Gasteiger partial charge in [-0.1, -0.05) is 43.6 Å². The quantitative estimate of drug-likeness (QED) is 0.420. The van der Waals surface area contributed by atoms with Crippen molar-refractivity contribution in [2.45, 2.75) is 26.8 Å². The van der Waals surface area contributed by atoms with E-state index in [9.17, 15) is 0 Å². The molecule has 2 aromatic rings. The highest BCUT2D eigenvalue weighted by molar-refractivity contribution is 6.29. The van der Waals surface area contributed by atoms with Gasteiger partial charge in [0.15, 0.2) is 5.96 Å². The summed E-state index contributed by atoms with van der Waals surface area (Å²) in [7, 11) is 1.77. The maximum absolute atomic E-state index is 5.80. The lowest BCUT2D eigenvalue weighted by atomic mass is 10.2. The maximum atomic E-state index is 5.80. The second-order valence-electron chi connectivity index (χ2n) is 6.44. The number of guanidine groups is 1. The topological polar surface area (TPSA) is 58.5 Å². The van der Waals surface area contributed by atoms with Gasteiger partial charge in [-0.15, -0.1) is 0 Å². The van der Waals surface area contributed by atoms with Gasteiger partial charge in [-0.3, -0.25) is 4.99 Å². The minimum absolute atomic E-state index is 0.514. The molecule has 1 heterocycles. The molecule has 0 saturated carbocycles. The lowest BCUT2D eigenvalue weighted by Crippen LogP contribution is -2.37. The Balaban J connectivity index is 1.73. The van der Waals surface area contributed by atoms with Crippen LogP contribution in [-0.2, 0) is 13.0 Å². The average molecular weight is 375 g/mol. The van der Waals surface area contributed by atoms with Crippen LogP contribution in [0.1, 0.15) is 25.0 Å². The summed E-state index contributed by atoms with van der Waals surface area (Å²) in [6, 6.07) is 11.9. The number of hydrogen-bond donors (Lipinski definition) is 2. The number of aromatic nitrogens is 1. The highest BCUT2D eigenvalue weighted by Crippen LogP contribution is 2.13. The number of ether oxygens (including phenoxy) is 1. The lowest BCUT2D eigenvalue weighted by Gasteiger charge is -2.13. The first-order valence-electron chi connectivity index (χ1n) is 8.83. The summed E-state index contributed by atoms with van der Waals surface area (Å²) in [6.45, 7) is 6.48. The van der Waals surface area contributed by atoms with Gasteiger partial charge in [0.25, 0.3) is 0 Å². The lowest BCUT2D eigenvalue weighted by molar-refractivity contribution is 0.271. The van der Waals surface area contributed by atoms with Crippen LogP contribution in [0.3, 0.4) is 0 Å². The molecule has 0 spiro atoms. The standard InChI is InChI=1S/C20H27ClN4O/c1-15(2)14-26-18-7-4-16(5-8-18)13-25-20(22-3)23-11-10-17-6-9-19(21)24-12-17/h4-9,12,15H,10-11,13-14H2,1-3H3,(H2,22,23,25). The molecule has 0 unspecified atom stereocenters. The molecule has 0 aliphatic rings. The SMILES string of the molecule is CN=C(NCCc1ccc(Cl)nc1)NCc1ccc(OCC(C)C)cc1. The van der Waals surface area contributed by atoms with Gasteiger partial charge in [-0.05, 0) is 41.7 Å². The molecule has 0 fully saturated rings. The van der Waals surface area contributed by atoms with Crippen LogP contribution < -0.4 is 15.4 Å². The fraction of sp³-hybridized carbons (Fsp3) is 0.400. The van der Waals surface area contributed by atoms with Crippen LogP contribution in [0.15, 0.2) is 47.6 Å². The summed E-state index contributed by atoms with van der Waals surface area (Å²) in [6.07, 6.45) is 2.65. The summed E-state index contributed by atoms with van der Waals surface area (Å²) in [5, 5.41) is 7.13. The highest BCUT2D eigenvalue weighted by atomic mass is 35.5. The normalized spacial score (nSPS) is 11.5. The van der Waals surface area contributed by atoms with E-state index in [1.54, 1.807) is 19.3 Å². The number of aliphatic imine (C=N–C) groups is 1. The smallest absolute Gasteiger partial charge is 0.191 e. The van der Waals surface area contributed by atoms with Crippen molar-refractivity contribution in [3.05, 3.63) is 58.9 Å². The monoisotopic (exact) mass is 374 g/mol. The third-order valence-corrected chi connectivity index (χ3v) is 3.91. The van der Waals surface area contributed by atoms with Gasteiger partial charge in [0.05, 0.1) is 6.61 Å². The van der Waals surface area contributed by atoms with Gasteiger partial charge < -0.3 is 15.4 Å². The van der Waals surface area contributed by atoms with Crippen LogP contribution in [0.25, 0.3) is 0 Å². The van der Waals surface area contributed by atoms with E-state index in [4.69, 9.17) is 16.3 Å². The van der Waals surface area contributed by atoms with E-state index in [2.05, 4.69) is 46.6 Å². The number of rotatable bonds is 8. The summed E-state index contributed by atoms with van der Waals surface area (Å²) in [5.74, 6) is 2.20. The van der Waals surface area contributed by atoms with E-state index in [0.29, 0.717) is 17.6 Å². The third-order valence-electron chi connectivity index (χ3n) is 3.69. The zero-order valence-electron chi connectivity index (χ0n) is 15.6. The number of halogens is 1.